The zero-order valence-corrected chi connectivity index (χ0v) is 13.8. The van der Waals surface area contributed by atoms with Crippen LogP contribution in [0.1, 0.15) is 38.8 Å². The largest absolute Gasteiger partial charge is 0.370 e. The van der Waals surface area contributed by atoms with E-state index in [1.807, 2.05) is 0 Å². The second-order valence-corrected chi connectivity index (χ2v) is 5.66. The van der Waals surface area contributed by atoms with E-state index < -0.39 is 0 Å². The van der Waals surface area contributed by atoms with Crippen LogP contribution < -0.4 is 10.2 Å². The highest BCUT2D eigenvalue weighted by atomic mass is 15.2. The molecule has 1 aromatic rings. The SMILES string of the molecule is CCCN(CCN(C)C)c1ccc(C(C)NCC)cc1. The predicted octanol–water partition coefficient (Wildman–Crippen LogP) is 3.14. The average molecular weight is 277 g/mol. The molecule has 0 bridgehead atoms. The molecule has 114 valence electrons. The van der Waals surface area contributed by atoms with E-state index in [-0.39, 0.29) is 0 Å². The van der Waals surface area contributed by atoms with E-state index in [4.69, 9.17) is 0 Å². The summed E-state index contributed by atoms with van der Waals surface area (Å²) in [5.74, 6) is 0. The standard InChI is InChI=1S/C17H31N3/c1-6-12-20(14-13-19(4)5)17-10-8-16(9-11-17)15(3)18-7-2/h8-11,15,18H,6-7,12-14H2,1-5H3. The van der Waals surface area contributed by atoms with Crippen LogP contribution in [0.5, 0.6) is 0 Å². The van der Waals surface area contributed by atoms with Gasteiger partial charge in [-0.2, -0.15) is 0 Å². The fourth-order valence-corrected chi connectivity index (χ4v) is 2.36. The van der Waals surface area contributed by atoms with Crippen LogP contribution in [0.15, 0.2) is 24.3 Å². The van der Waals surface area contributed by atoms with E-state index in [0.29, 0.717) is 6.04 Å². The van der Waals surface area contributed by atoms with E-state index in [1.54, 1.807) is 0 Å². The third kappa shape index (κ3) is 5.51. The third-order valence-electron chi connectivity index (χ3n) is 3.58. The van der Waals surface area contributed by atoms with Crippen LogP contribution in [-0.2, 0) is 0 Å². The molecule has 0 spiro atoms. The van der Waals surface area contributed by atoms with Gasteiger partial charge in [-0.15, -0.1) is 0 Å². The molecule has 1 N–H and O–H groups in total. The van der Waals surface area contributed by atoms with Crippen LogP contribution >= 0.6 is 0 Å². The first-order valence-electron chi connectivity index (χ1n) is 7.81. The van der Waals surface area contributed by atoms with Crippen molar-refractivity contribution in [3.05, 3.63) is 29.8 Å². The van der Waals surface area contributed by atoms with Crippen molar-refractivity contribution in [1.82, 2.24) is 10.2 Å². The first kappa shape index (κ1) is 17.0. The summed E-state index contributed by atoms with van der Waals surface area (Å²) in [5, 5.41) is 3.46. The van der Waals surface area contributed by atoms with Crippen molar-refractivity contribution >= 4 is 5.69 Å². The molecule has 1 aromatic carbocycles. The van der Waals surface area contributed by atoms with Crippen LogP contribution in [-0.4, -0.2) is 45.2 Å². The van der Waals surface area contributed by atoms with Crippen molar-refractivity contribution in [2.24, 2.45) is 0 Å². The molecule has 0 aliphatic heterocycles. The lowest BCUT2D eigenvalue weighted by atomic mass is 10.1. The van der Waals surface area contributed by atoms with Gasteiger partial charge < -0.3 is 15.1 Å². The van der Waals surface area contributed by atoms with Gasteiger partial charge in [-0.25, -0.2) is 0 Å². The number of anilines is 1. The van der Waals surface area contributed by atoms with E-state index in [9.17, 15) is 0 Å². The molecule has 1 rings (SSSR count). The molecule has 1 atom stereocenters. The molecule has 0 aromatic heterocycles. The molecular formula is C17H31N3. The molecule has 0 heterocycles. The molecule has 0 radical (unpaired) electrons. The molecule has 20 heavy (non-hydrogen) atoms. The zero-order valence-electron chi connectivity index (χ0n) is 13.8. The Morgan fingerprint density at radius 2 is 1.65 bits per heavy atom. The summed E-state index contributed by atoms with van der Waals surface area (Å²) in [6.07, 6.45) is 1.18. The Morgan fingerprint density at radius 1 is 1.00 bits per heavy atom. The van der Waals surface area contributed by atoms with Gasteiger partial charge in [-0.1, -0.05) is 26.0 Å². The van der Waals surface area contributed by atoms with Crippen LogP contribution in [0, 0.1) is 0 Å². The number of likely N-dealkylation sites (N-methyl/N-ethyl adjacent to an activating group) is 1. The Kier molecular flexibility index (Phi) is 7.63. The quantitative estimate of drug-likeness (QED) is 0.748. The van der Waals surface area contributed by atoms with E-state index in [0.717, 1.165) is 26.2 Å². The van der Waals surface area contributed by atoms with Gasteiger partial charge in [-0.05, 0) is 51.7 Å². The summed E-state index contributed by atoms with van der Waals surface area (Å²) >= 11 is 0. The van der Waals surface area contributed by atoms with Crippen molar-refractivity contribution in [3.8, 4) is 0 Å². The summed E-state index contributed by atoms with van der Waals surface area (Å²) in [7, 11) is 4.26. The van der Waals surface area contributed by atoms with Gasteiger partial charge >= 0.3 is 0 Å². The van der Waals surface area contributed by atoms with Crippen LogP contribution in [0.25, 0.3) is 0 Å². The van der Waals surface area contributed by atoms with Crippen LogP contribution in [0.3, 0.4) is 0 Å². The molecule has 0 aliphatic carbocycles. The molecule has 3 nitrogen and oxygen atoms in total. The second-order valence-electron chi connectivity index (χ2n) is 5.66. The normalized spacial score (nSPS) is 12.7. The average Bonchev–Trinajstić information content (AvgIpc) is 2.44. The van der Waals surface area contributed by atoms with Gasteiger partial charge in [0.25, 0.3) is 0 Å². The van der Waals surface area contributed by atoms with Gasteiger partial charge in [0.05, 0.1) is 0 Å². The maximum Gasteiger partial charge on any atom is 0.0366 e. The minimum atomic E-state index is 0.426. The summed E-state index contributed by atoms with van der Waals surface area (Å²) in [6.45, 7) is 10.9. The Bertz CT molecular complexity index is 359. The lowest BCUT2D eigenvalue weighted by Gasteiger charge is -2.26. The highest BCUT2D eigenvalue weighted by Gasteiger charge is 2.08. The molecule has 0 amide bonds. The lowest BCUT2D eigenvalue weighted by Crippen LogP contribution is -2.32. The Balaban J connectivity index is 2.71. The van der Waals surface area contributed by atoms with Gasteiger partial charge in [0.15, 0.2) is 0 Å². The highest BCUT2D eigenvalue weighted by molar-refractivity contribution is 5.48. The zero-order chi connectivity index (χ0) is 15.0. The van der Waals surface area contributed by atoms with E-state index in [2.05, 4.69) is 74.2 Å². The fraction of sp³-hybridized carbons (Fsp3) is 0.647. The monoisotopic (exact) mass is 277 g/mol. The first-order chi connectivity index (χ1) is 9.58. The Morgan fingerprint density at radius 3 is 2.15 bits per heavy atom. The molecule has 0 aliphatic rings. The first-order valence-corrected chi connectivity index (χ1v) is 7.81. The highest BCUT2D eigenvalue weighted by Crippen LogP contribution is 2.19. The second kappa shape index (κ2) is 8.98. The van der Waals surface area contributed by atoms with Crippen molar-refractivity contribution in [3.63, 3.8) is 0 Å². The summed E-state index contributed by atoms with van der Waals surface area (Å²) in [6, 6.07) is 9.45. The van der Waals surface area contributed by atoms with Crippen molar-refractivity contribution in [2.75, 3.05) is 45.2 Å². The lowest BCUT2D eigenvalue weighted by molar-refractivity contribution is 0.413. The molecule has 0 fully saturated rings. The maximum absolute atomic E-state index is 3.46. The number of nitrogens with zero attached hydrogens (tertiary/aromatic N) is 2. The molecule has 1 unspecified atom stereocenters. The summed E-state index contributed by atoms with van der Waals surface area (Å²) in [5.41, 5.74) is 2.70. The van der Waals surface area contributed by atoms with Crippen molar-refractivity contribution in [1.29, 1.82) is 0 Å². The van der Waals surface area contributed by atoms with Crippen LogP contribution in [0.2, 0.25) is 0 Å². The summed E-state index contributed by atoms with van der Waals surface area (Å²) in [4.78, 5) is 4.71. The van der Waals surface area contributed by atoms with E-state index in [1.165, 1.54) is 17.7 Å². The number of nitrogens with one attached hydrogen (secondary N) is 1. The Hall–Kier alpha value is -1.06. The molecular weight excluding hydrogens is 246 g/mol. The van der Waals surface area contributed by atoms with Gasteiger partial charge in [0.2, 0.25) is 0 Å². The topological polar surface area (TPSA) is 18.5 Å². The predicted molar refractivity (Wildman–Crippen MR) is 89.6 cm³/mol. The summed E-state index contributed by atoms with van der Waals surface area (Å²) < 4.78 is 0. The Labute approximate surface area is 125 Å². The third-order valence-corrected chi connectivity index (χ3v) is 3.58. The minimum absolute atomic E-state index is 0.426. The van der Waals surface area contributed by atoms with Gasteiger partial charge in [-0.3, -0.25) is 0 Å². The smallest absolute Gasteiger partial charge is 0.0366 e. The van der Waals surface area contributed by atoms with Crippen molar-refractivity contribution < 1.29 is 0 Å². The van der Waals surface area contributed by atoms with Gasteiger partial charge in [0, 0.05) is 31.4 Å². The molecule has 3 heteroatoms. The molecule has 0 saturated carbocycles. The maximum atomic E-state index is 3.46. The van der Waals surface area contributed by atoms with E-state index >= 15 is 0 Å². The number of rotatable bonds is 9. The van der Waals surface area contributed by atoms with Crippen molar-refractivity contribution in [2.45, 2.75) is 33.2 Å². The van der Waals surface area contributed by atoms with Gasteiger partial charge in [0.1, 0.15) is 0 Å². The number of hydrogen-bond donors (Lipinski definition) is 1. The number of benzene rings is 1. The number of hydrogen-bond acceptors (Lipinski definition) is 3. The minimum Gasteiger partial charge on any atom is -0.370 e. The fourth-order valence-electron chi connectivity index (χ4n) is 2.36. The molecule has 0 saturated heterocycles. The van der Waals surface area contributed by atoms with Crippen LogP contribution in [0.4, 0.5) is 5.69 Å².